The highest BCUT2D eigenvalue weighted by Gasteiger charge is 2.38. The fraction of sp³-hybridized carbons (Fsp3) is 0.500. The van der Waals surface area contributed by atoms with Gasteiger partial charge in [0.15, 0.2) is 0 Å². The molecule has 1 aliphatic heterocycles. The molecule has 0 saturated carbocycles. The number of halogens is 1. The number of hydrogen-bond acceptors (Lipinski definition) is 3. The van der Waals surface area contributed by atoms with E-state index in [2.05, 4.69) is 5.32 Å². The average Bonchev–Trinajstić information content (AvgIpc) is 2.85. The van der Waals surface area contributed by atoms with Crippen molar-refractivity contribution >= 4 is 11.9 Å². The summed E-state index contributed by atoms with van der Waals surface area (Å²) in [6.45, 7) is 2.48. The van der Waals surface area contributed by atoms with Gasteiger partial charge in [0.05, 0.1) is 18.6 Å². The predicted octanol–water partition coefficient (Wildman–Crippen LogP) is 2.07. The quantitative estimate of drug-likeness (QED) is 0.843. The zero-order valence-electron chi connectivity index (χ0n) is 12.5. The first-order valence-electron chi connectivity index (χ1n) is 7.26. The van der Waals surface area contributed by atoms with Gasteiger partial charge in [0.25, 0.3) is 0 Å². The summed E-state index contributed by atoms with van der Waals surface area (Å²) in [7, 11) is 0. The smallest absolute Gasteiger partial charge is 0.305 e. The molecular formula is C16H20FNO4. The monoisotopic (exact) mass is 309 g/mol. The molecule has 0 bridgehead atoms. The Labute approximate surface area is 128 Å². The Hall–Kier alpha value is -1.95. The molecule has 2 N–H and O–H groups in total. The van der Waals surface area contributed by atoms with Crippen molar-refractivity contribution in [1.29, 1.82) is 0 Å². The van der Waals surface area contributed by atoms with E-state index in [1.165, 1.54) is 12.1 Å². The van der Waals surface area contributed by atoms with Crippen LogP contribution in [0.5, 0.6) is 0 Å². The van der Waals surface area contributed by atoms with E-state index in [4.69, 9.17) is 9.84 Å². The van der Waals surface area contributed by atoms with Gasteiger partial charge in [-0.1, -0.05) is 19.1 Å². The Morgan fingerprint density at radius 3 is 2.86 bits per heavy atom. The highest BCUT2D eigenvalue weighted by atomic mass is 19.1. The molecule has 5 nitrogen and oxygen atoms in total. The maximum absolute atomic E-state index is 13.2. The summed E-state index contributed by atoms with van der Waals surface area (Å²) in [5.41, 5.74) is -0.0880. The lowest BCUT2D eigenvalue weighted by molar-refractivity contribution is -0.139. The van der Waals surface area contributed by atoms with Crippen LogP contribution in [0.15, 0.2) is 24.3 Å². The number of carboxylic acid groups (broad SMARTS) is 1. The number of carbonyl (C=O) groups excluding carboxylic acids is 1. The number of amides is 1. The fourth-order valence-electron chi connectivity index (χ4n) is 2.73. The van der Waals surface area contributed by atoms with Crippen LogP contribution in [0.3, 0.4) is 0 Å². The molecule has 22 heavy (non-hydrogen) atoms. The van der Waals surface area contributed by atoms with Gasteiger partial charge in [0.1, 0.15) is 5.82 Å². The third-order valence-corrected chi connectivity index (χ3v) is 3.91. The SMILES string of the molecule is CC(CC(=O)NC1(CC(=O)O)CCOC1)c1cccc(F)c1. The van der Waals surface area contributed by atoms with E-state index in [1.54, 1.807) is 12.1 Å². The van der Waals surface area contributed by atoms with Crippen molar-refractivity contribution in [3.05, 3.63) is 35.6 Å². The number of nitrogens with one attached hydrogen (secondary N) is 1. The van der Waals surface area contributed by atoms with Crippen molar-refractivity contribution in [1.82, 2.24) is 5.32 Å². The number of rotatable bonds is 6. The summed E-state index contributed by atoms with van der Waals surface area (Å²) in [4.78, 5) is 23.2. The van der Waals surface area contributed by atoms with Crippen molar-refractivity contribution in [2.45, 2.75) is 37.6 Å². The summed E-state index contributed by atoms with van der Waals surface area (Å²) in [6.07, 6.45) is 0.497. The van der Waals surface area contributed by atoms with E-state index in [1.807, 2.05) is 6.92 Å². The van der Waals surface area contributed by atoms with Gasteiger partial charge >= 0.3 is 5.97 Å². The summed E-state index contributed by atoms with van der Waals surface area (Å²) in [5.74, 6) is -1.70. The van der Waals surface area contributed by atoms with E-state index in [0.29, 0.717) is 13.0 Å². The second kappa shape index (κ2) is 6.87. The van der Waals surface area contributed by atoms with Crippen LogP contribution in [0, 0.1) is 5.82 Å². The Bertz CT molecular complexity index is 555. The molecule has 1 aromatic rings. The molecule has 1 heterocycles. The van der Waals surface area contributed by atoms with E-state index < -0.39 is 11.5 Å². The van der Waals surface area contributed by atoms with Gasteiger partial charge in [0, 0.05) is 13.0 Å². The average molecular weight is 309 g/mol. The molecule has 1 fully saturated rings. The van der Waals surface area contributed by atoms with E-state index >= 15 is 0 Å². The van der Waals surface area contributed by atoms with E-state index in [-0.39, 0.29) is 37.1 Å². The first-order chi connectivity index (χ1) is 10.4. The zero-order valence-corrected chi connectivity index (χ0v) is 12.5. The molecule has 2 rings (SSSR count). The summed E-state index contributed by atoms with van der Waals surface area (Å²) >= 11 is 0. The van der Waals surface area contributed by atoms with Gasteiger partial charge in [-0.3, -0.25) is 9.59 Å². The molecule has 2 unspecified atom stereocenters. The summed E-state index contributed by atoms with van der Waals surface area (Å²) in [5, 5.41) is 11.8. The minimum atomic E-state index is -0.969. The van der Waals surface area contributed by atoms with Crippen LogP contribution >= 0.6 is 0 Å². The van der Waals surface area contributed by atoms with Gasteiger partial charge in [-0.25, -0.2) is 4.39 Å². The topological polar surface area (TPSA) is 75.6 Å². The van der Waals surface area contributed by atoms with Crippen LogP contribution in [0.25, 0.3) is 0 Å². The number of ether oxygens (including phenoxy) is 1. The van der Waals surface area contributed by atoms with Crippen molar-refractivity contribution in [3.63, 3.8) is 0 Å². The second-order valence-corrected chi connectivity index (χ2v) is 5.86. The normalized spacial score (nSPS) is 22.3. The largest absolute Gasteiger partial charge is 0.481 e. The minimum Gasteiger partial charge on any atom is -0.481 e. The minimum absolute atomic E-state index is 0.153. The number of benzene rings is 1. The molecule has 1 aromatic carbocycles. The van der Waals surface area contributed by atoms with Gasteiger partial charge in [-0.05, 0) is 30.0 Å². The van der Waals surface area contributed by atoms with Crippen LogP contribution in [0.1, 0.15) is 37.7 Å². The molecule has 2 atom stereocenters. The highest BCUT2D eigenvalue weighted by molar-refractivity contribution is 5.79. The fourth-order valence-corrected chi connectivity index (χ4v) is 2.73. The number of carbonyl (C=O) groups is 2. The van der Waals surface area contributed by atoms with Crippen molar-refractivity contribution in [3.8, 4) is 0 Å². The molecule has 1 saturated heterocycles. The first kappa shape index (κ1) is 16.4. The standard InChI is InChI=1S/C16H20FNO4/c1-11(12-3-2-4-13(17)8-12)7-14(19)18-16(9-15(20)21)5-6-22-10-16/h2-4,8,11H,5-7,9-10H2,1H3,(H,18,19)(H,20,21). The van der Waals surface area contributed by atoms with E-state index in [0.717, 1.165) is 5.56 Å². The summed E-state index contributed by atoms with van der Waals surface area (Å²) in [6, 6.07) is 6.14. The lowest BCUT2D eigenvalue weighted by atomic mass is 9.92. The molecule has 0 aliphatic carbocycles. The molecule has 120 valence electrons. The maximum Gasteiger partial charge on any atom is 0.305 e. The van der Waals surface area contributed by atoms with Crippen molar-refractivity contribution in [2.75, 3.05) is 13.2 Å². The first-order valence-corrected chi connectivity index (χ1v) is 7.26. The lowest BCUT2D eigenvalue weighted by Gasteiger charge is -2.27. The highest BCUT2D eigenvalue weighted by Crippen LogP contribution is 2.25. The second-order valence-electron chi connectivity index (χ2n) is 5.86. The van der Waals surface area contributed by atoms with Gasteiger partial charge < -0.3 is 15.2 Å². The van der Waals surface area contributed by atoms with Crippen LogP contribution in [0.4, 0.5) is 4.39 Å². The van der Waals surface area contributed by atoms with Crippen LogP contribution in [-0.4, -0.2) is 35.7 Å². The number of aliphatic carboxylic acids is 1. The Morgan fingerprint density at radius 1 is 1.50 bits per heavy atom. The molecular weight excluding hydrogens is 289 g/mol. The zero-order chi connectivity index (χ0) is 16.2. The maximum atomic E-state index is 13.2. The molecule has 1 aliphatic rings. The van der Waals surface area contributed by atoms with Crippen molar-refractivity contribution in [2.24, 2.45) is 0 Å². The Kier molecular flexibility index (Phi) is 5.13. The molecule has 0 spiro atoms. The lowest BCUT2D eigenvalue weighted by Crippen LogP contribution is -2.50. The van der Waals surface area contributed by atoms with Crippen LogP contribution < -0.4 is 5.32 Å². The Balaban J connectivity index is 1.97. The molecule has 0 radical (unpaired) electrons. The third-order valence-electron chi connectivity index (χ3n) is 3.91. The van der Waals surface area contributed by atoms with Crippen LogP contribution in [-0.2, 0) is 14.3 Å². The molecule has 0 aromatic heterocycles. The Morgan fingerprint density at radius 2 is 2.27 bits per heavy atom. The third kappa shape index (κ3) is 4.27. The predicted molar refractivity (Wildman–Crippen MR) is 78.0 cm³/mol. The molecule has 6 heteroatoms. The van der Waals surface area contributed by atoms with Crippen molar-refractivity contribution < 1.29 is 23.8 Å². The summed E-state index contributed by atoms with van der Waals surface area (Å²) < 4.78 is 18.5. The number of carboxylic acids is 1. The van der Waals surface area contributed by atoms with Gasteiger partial charge in [0.2, 0.25) is 5.91 Å². The van der Waals surface area contributed by atoms with Crippen LogP contribution in [0.2, 0.25) is 0 Å². The van der Waals surface area contributed by atoms with E-state index in [9.17, 15) is 14.0 Å². The van der Waals surface area contributed by atoms with Gasteiger partial charge in [-0.15, -0.1) is 0 Å². The van der Waals surface area contributed by atoms with Gasteiger partial charge in [-0.2, -0.15) is 0 Å². The number of hydrogen-bond donors (Lipinski definition) is 2. The molecule has 1 amide bonds.